The molecule has 7 nitrogen and oxygen atoms in total. The number of aromatic nitrogens is 4. The second-order valence-electron chi connectivity index (χ2n) is 5.30. The Kier molecular flexibility index (Phi) is 3.74. The Morgan fingerprint density at radius 1 is 1.36 bits per heavy atom. The van der Waals surface area contributed by atoms with E-state index >= 15 is 0 Å². The molecule has 1 aliphatic heterocycles. The minimum absolute atomic E-state index is 0.199. The fourth-order valence-electron chi connectivity index (χ4n) is 2.70. The third-order valence-corrected chi connectivity index (χ3v) is 3.98. The van der Waals surface area contributed by atoms with E-state index in [9.17, 15) is 9.18 Å². The summed E-state index contributed by atoms with van der Waals surface area (Å²) in [4.78, 5) is 20.8. The van der Waals surface area contributed by atoms with E-state index in [1.165, 1.54) is 6.33 Å². The normalized spacial score (nSPS) is 16.0. The van der Waals surface area contributed by atoms with Crippen LogP contribution >= 0.6 is 0 Å². The van der Waals surface area contributed by atoms with E-state index in [0.29, 0.717) is 31.6 Å². The van der Waals surface area contributed by atoms with Gasteiger partial charge in [-0.1, -0.05) is 0 Å². The van der Waals surface area contributed by atoms with E-state index < -0.39 is 11.8 Å². The van der Waals surface area contributed by atoms with E-state index in [1.54, 1.807) is 28.9 Å². The van der Waals surface area contributed by atoms with Gasteiger partial charge in [0.2, 0.25) is 0 Å². The van der Waals surface area contributed by atoms with Crippen LogP contribution in [0, 0.1) is 11.7 Å². The van der Waals surface area contributed by atoms with Crippen LogP contribution < -0.4 is 4.90 Å². The molecule has 0 bridgehead atoms. The predicted molar refractivity (Wildman–Crippen MR) is 76.8 cm³/mol. The lowest BCUT2D eigenvalue weighted by atomic mass is 9.97. The fraction of sp³-hybridized carbons (Fsp3) is 0.429. The Bertz CT molecular complexity index is 694. The Labute approximate surface area is 126 Å². The van der Waals surface area contributed by atoms with Gasteiger partial charge in [0.15, 0.2) is 11.6 Å². The molecule has 2 aromatic rings. The van der Waals surface area contributed by atoms with E-state index in [-0.39, 0.29) is 17.4 Å². The van der Waals surface area contributed by atoms with Crippen molar-refractivity contribution < 1.29 is 14.3 Å². The molecule has 1 fully saturated rings. The Hall–Kier alpha value is -2.51. The monoisotopic (exact) mass is 305 g/mol. The molecule has 1 saturated heterocycles. The van der Waals surface area contributed by atoms with E-state index in [0.717, 1.165) is 0 Å². The van der Waals surface area contributed by atoms with Crippen LogP contribution in [0.15, 0.2) is 18.6 Å². The molecule has 3 rings (SSSR count). The van der Waals surface area contributed by atoms with Gasteiger partial charge in [0.05, 0.1) is 11.6 Å². The first kappa shape index (κ1) is 14.4. The quantitative estimate of drug-likeness (QED) is 0.920. The summed E-state index contributed by atoms with van der Waals surface area (Å²) in [5.74, 6) is -1.44. The number of piperidine rings is 1. The molecular formula is C14H16FN5O2. The van der Waals surface area contributed by atoms with Crippen molar-refractivity contribution >= 4 is 11.8 Å². The molecule has 0 atom stereocenters. The maximum atomic E-state index is 14.7. The van der Waals surface area contributed by atoms with Gasteiger partial charge in [-0.25, -0.2) is 14.4 Å². The highest BCUT2D eigenvalue weighted by Gasteiger charge is 2.27. The summed E-state index contributed by atoms with van der Waals surface area (Å²) in [5.41, 5.74) is 0.770. The third kappa shape index (κ3) is 2.51. The summed E-state index contributed by atoms with van der Waals surface area (Å²) in [6, 6.07) is 1.69. The first-order chi connectivity index (χ1) is 10.6. The maximum absolute atomic E-state index is 14.7. The number of rotatable bonds is 3. The number of aryl methyl sites for hydroxylation is 1. The number of halogens is 1. The zero-order chi connectivity index (χ0) is 15.7. The molecule has 22 heavy (non-hydrogen) atoms. The van der Waals surface area contributed by atoms with E-state index in [4.69, 9.17) is 5.11 Å². The second kappa shape index (κ2) is 5.70. The zero-order valence-corrected chi connectivity index (χ0v) is 12.1. The van der Waals surface area contributed by atoms with Crippen LogP contribution in [0.4, 0.5) is 10.2 Å². The van der Waals surface area contributed by atoms with Gasteiger partial charge in [0.25, 0.3) is 0 Å². The molecule has 0 amide bonds. The van der Waals surface area contributed by atoms with Crippen molar-refractivity contribution in [3.63, 3.8) is 0 Å². The SMILES string of the molecule is Cn1nccc1-c1ncnc(N2CCC(C(=O)O)CC2)c1F. The Balaban J connectivity index is 1.87. The van der Waals surface area contributed by atoms with Crippen LogP contribution in [0.2, 0.25) is 0 Å². The summed E-state index contributed by atoms with van der Waals surface area (Å²) < 4.78 is 16.3. The fourth-order valence-corrected chi connectivity index (χ4v) is 2.70. The standard InChI is InChI=1S/C14H16FN5O2/c1-19-10(2-5-18-19)12-11(15)13(17-8-16-12)20-6-3-9(4-7-20)14(21)22/h2,5,8-9H,3-4,6-7H2,1H3,(H,21,22). The number of hydrogen-bond donors (Lipinski definition) is 1. The number of hydrogen-bond acceptors (Lipinski definition) is 5. The maximum Gasteiger partial charge on any atom is 0.306 e. The highest BCUT2D eigenvalue weighted by atomic mass is 19.1. The molecule has 3 heterocycles. The zero-order valence-electron chi connectivity index (χ0n) is 12.1. The summed E-state index contributed by atoms with van der Waals surface area (Å²) in [7, 11) is 1.72. The summed E-state index contributed by atoms with van der Waals surface area (Å²) in [6.45, 7) is 0.936. The predicted octanol–water partition coefficient (Wildman–Crippen LogP) is 1.32. The summed E-state index contributed by atoms with van der Waals surface area (Å²) >= 11 is 0. The molecule has 2 aromatic heterocycles. The minimum Gasteiger partial charge on any atom is -0.481 e. The van der Waals surface area contributed by atoms with Crippen LogP contribution in [0.5, 0.6) is 0 Å². The molecule has 8 heteroatoms. The average molecular weight is 305 g/mol. The van der Waals surface area contributed by atoms with Crippen LogP contribution in [0.25, 0.3) is 11.4 Å². The molecule has 116 valence electrons. The number of carboxylic acid groups (broad SMARTS) is 1. The van der Waals surface area contributed by atoms with Crippen molar-refractivity contribution in [1.82, 2.24) is 19.7 Å². The molecule has 0 aromatic carbocycles. The van der Waals surface area contributed by atoms with Gasteiger partial charge < -0.3 is 10.0 Å². The Morgan fingerprint density at radius 2 is 2.09 bits per heavy atom. The number of carboxylic acids is 1. The van der Waals surface area contributed by atoms with E-state index in [2.05, 4.69) is 15.1 Å². The largest absolute Gasteiger partial charge is 0.481 e. The number of carbonyl (C=O) groups is 1. The second-order valence-corrected chi connectivity index (χ2v) is 5.30. The van der Waals surface area contributed by atoms with Crippen LogP contribution in [0.3, 0.4) is 0 Å². The lowest BCUT2D eigenvalue weighted by Gasteiger charge is -2.31. The van der Waals surface area contributed by atoms with Crippen molar-refractivity contribution in [1.29, 1.82) is 0 Å². The smallest absolute Gasteiger partial charge is 0.306 e. The molecule has 1 aliphatic rings. The lowest BCUT2D eigenvalue weighted by molar-refractivity contribution is -0.142. The van der Waals surface area contributed by atoms with Gasteiger partial charge >= 0.3 is 5.97 Å². The number of anilines is 1. The van der Waals surface area contributed by atoms with Crippen molar-refractivity contribution in [2.75, 3.05) is 18.0 Å². The topological polar surface area (TPSA) is 84.1 Å². The van der Waals surface area contributed by atoms with Gasteiger partial charge in [-0.15, -0.1) is 0 Å². The number of aliphatic carboxylic acids is 1. The molecule has 0 saturated carbocycles. The first-order valence-electron chi connectivity index (χ1n) is 7.04. The van der Waals surface area contributed by atoms with Crippen molar-refractivity contribution in [3.8, 4) is 11.4 Å². The van der Waals surface area contributed by atoms with Crippen LogP contribution in [-0.4, -0.2) is 43.9 Å². The summed E-state index contributed by atoms with van der Waals surface area (Å²) in [5, 5.41) is 13.0. The third-order valence-electron chi connectivity index (χ3n) is 3.98. The van der Waals surface area contributed by atoms with Gasteiger partial charge in [0, 0.05) is 26.3 Å². The van der Waals surface area contributed by atoms with Crippen molar-refractivity contribution in [2.45, 2.75) is 12.8 Å². The van der Waals surface area contributed by atoms with Gasteiger partial charge in [0.1, 0.15) is 12.0 Å². The highest BCUT2D eigenvalue weighted by Crippen LogP contribution is 2.28. The van der Waals surface area contributed by atoms with Crippen LogP contribution in [-0.2, 0) is 11.8 Å². The molecule has 1 N–H and O–H groups in total. The van der Waals surface area contributed by atoms with Crippen LogP contribution in [0.1, 0.15) is 12.8 Å². The van der Waals surface area contributed by atoms with Crippen molar-refractivity contribution in [2.24, 2.45) is 13.0 Å². The number of nitrogens with zero attached hydrogens (tertiary/aromatic N) is 5. The first-order valence-corrected chi connectivity index (χ1v) is 7.04. The van der Waals surface area contributed by atoms with Gasteiger partial charge in [-0.05, 0) is 18.9 Å². The van der Waals surface area contributed by atoms with Gasteiger partial charge in [-0.2, -0.15) is 5.10 Å². The Morgan fingerprint density at radius 3 is 2.68 bits per heavy atom. The van der Waals surface area contributed by atoms with Crippen molar-refractivity contribution in [3.05, 3.63) is 24.4 Å². The molecule has 0 spiro atoms. The molecule has 0 aliphatic carbocycles. The molecule has 0 unspecified atom stereocenters. The highest BCUT2D eigenvalue weighted by molar-refractivity contribution is 5.70. The minimum atomic E-state index is -0.793. The summed E-state index contributed by atoms with van der Waals surface area (Å²) in [6.07, 6.45) is 3.87. The lowest BCUT2D eigenvalue weighted by Crippen LogP contribution is -2.37. The van der Waals surface area contributed by atoms with Gasteiger partial charge in [-0.3, -0.25) is 9.48 Å². The molecular weight excluding hydrogens is 289 g/mol. The molecule has 0 radical (unpaired) electrons. The van der Waals surface area contributed by atoms with E-state index in [1.807, 2.05) is 0 Å². The average Bonchev–Trinajstić information content (AvgIpc) is 2.94.